The van der Waals surface area contributed by atoms with Crippen molar-refractivity contribution < 1.29 is 76.0 Å². The molecule has 6 aromatic rings. The van der Waals surface area contributed by atoms with Gasteiger partial charge in [0.15, 0.2) is 0 Å². The Labute approximate surface area is 528 Å². The Kier molecular flexibility index (Phi) is 26.5. The third kappa shape index (κ3) is 18.1. The van der Waals surface area contributed by atoms with Crippen molar-refractivity contribution >= 4 is 17.9 Å². The number of aromatic nitrogens is 3. The van der Waals surface area contributed by atoms with Crippen LogP contribution in [0.3, 0.4) is 0 Å². The molecule has 1 aliphatic heterocycles. The van der Waals surface area contributed by atoms with Crippen molar-refractivity contribution in [3.05, 3.63) is 107 Å². The summed E-state index contributed by atoms with van der Waals surface area (Å²) in [6.45, 7) is 12.8. The molecule has 0 N–H and O–H groups in total. The van der Waals surface area contributed by atoms with E-state index in [-0.39, 0.29) is 62.5 Å². The van der Waals surface area contributed by atoms with E-state index in [9.17, 15) is 14.4 Å². The molecule has 0 radical (unpaired) electrons. The third-order valence-electron chi connectivity index (χ3n) is 15.3. The fourth-order valence-electron chi connectivity index (χ4n) is 11.0. The van der Waals surface area contributed by atoms with Gasteiger partial charge in [0.2, 0.25) is 0 Å². The highest BCUT2D eigenvalue weighted by molar-refractivity contribution is 5.92. The minimum Gasteiger partial charge on any atom is -0.496 e. The number of benzene rings is 3. The fraction of sp³-hybridized carbons (Fsp3) is 0.471. The summed E-state index contributed by atoms with van der Waals surface area (Å²) in [5.41, 5.74) is 5.72. The van der Waals surface area contributed by atoms with Crippen LogP contribution in [-0.2, 0) is 38.6 Å². The lowest BCUT2D eigenvalue weighted by Gasteiger charge is -2.36. The maximum Gasteiger partial charge on any atom is 0.356 e. The quantitative estimate of drug-likeness (QED) is 0.0224. The summed E-state index contributed by atoms with van der Waals surface area (Å²) in [6, 6.07) is 21.4. The lowest BCUT2D eigenvalue weighted by Crippen LogP contribution is -2.46. The summed E-state index contributed by atoms with van der Waals surface area (Å²) >= 11 is 0. The first-order valence-corrected chi connectivity index (χ1v) is 30.4. The average molecular weight is 1250 g/mol. The highest BCUT2D eigenvalue weighted by atomic mass is 16.5. The van der Waals surface area contributed by atoms with Crippen molar-refractivity contribution in [3.63, 3.8) is 0 Å². The normalized spacial score (nSPS) is 13.4. The molecule has 0 unspecified atom stereocenters. The molecular formula is C68H88N6O16. The molecule has 90 heavy (non-hydrogen) atoms. The second-order valence-electron chi connectivity index (χ2n) is 21.3. The first-order valence-electron chi connectivity index (χ1n) is 30.4. The highest BCUT2D eigenvalue weighted by Gasteiger charge is 2.28. The van der Waals surface area contributed by atoms with Crippen LogP contribution in [0.4, 0.5) is 0 Å². The van der Waals surface area contributed by atoms with Crippen LogP contribution in [0.25, 0.3) is 33.4 Å². The summed E-state index contributed by atoms with van der Waals surface area (Å²) < 4.78 is 75.8. The minimum atomic E-state index is -0.590. The van der Waals surface area contributed by atoms with Gasteiger partial charge in [-0.3, -0.25) is 14.7 Å². The standard InChI is InChI=1S/C68H88N6O16/c1-14-18-19-20-25-87-43-44-38-73(41-49-27-46(30-55(70-49)67(76)89-16-3)64-59(83-10)34-52(79-6)35-60(64)84-11)23-21-72(40-48-26-45(29-54(69-48)66(75)88-15-2)63-57(81-8)32-51(78-5)33-58(63)82-9)22-24-74(39-44)42-50-28-47(31-56(71-50)68(77)90-17-4)65-61(85-12)36-53(80-7)37-62(65)86-13/h26-37,44H,14-25,38-43H2,1-13H3. The van der Waals surface area contributed by atoms with Gasteiger partial charge in [0.05, 0.1) is 124 Å². The second kappa shape index (κ2) is 34.5. The van der Waals surface area contributed by atoms with Gasteiger partial charge in [0.1, 0.15) is 68.8 Å². The van der Waals surface area contributed by atoms with Crippen molar-refractivity contribution in [2.24, 2.45) is 5.92 Å². The molecule has 0 bridgehead atoms. The van der Waals surface area contributed by atoms with E-state index in [2.05, 4.69) is 21.6 Å². The molecule has 0 saturated carbocycles. The Morgan fingerprint density at radius 3 is 1.00 bits per heavy atom. The van der Waals surface area contributed by atoms with Gasteiger partial charge >= 0.3 is 17.9 Å². The first-order chi connectivity index (χ1) is 43.7. The molecule has 0 aliphatic carbocycles. The zero-order valence-electron chi connectivity index (χ0n) is 54.4. The molecular weight excluding hydrogens is 1160 g/mol. The van der Waals surface area contributed by atoms with Gasteiger partial charge in [-0.15, -0.1) is 0 Å². The fourth-order valence-corrected chi connectivity index (χ4v) is 11.0. The number of nitrogens with zero attached hydrogens (tertiary/aromatic N) is 6. The summed E-state index contributed by atoms with van der Waals surface area (Å²) in [7, 11) is 14.1. The van der Waals surface area contributed by atoms with E-state index < -0.39 is 17.9 Å². The smallest absolute Gasteiger partial charge is 0.356 e. The van der Waals surface area contributed by atoms with Crippen molar-refractivity contribution in [1.29, 1.82) is 0 Å². The number of unbranched alkanes of at least 4 members (excludes halogenated alkanes) is 3. The SMILES string of the molecule is CCCCCCOCC1CN(Cc2cc(-c3c(OC)cc(OC)cc3OC)cc(C(=O)OCC)n2)CCN(Cc2cc(-c3c(OC)cc(OC)cc3OC)cc(C(=O)OCC)n2)CCN(Cc2cc(-c3c(OC)cc(OC)cc3OC)cc(C(=O)OCC)n2)C1. The van der Waals surface area contributed by atoms with Crippen LogP contribution < -0.4 is 42.6 Å². The maximum atomic E-state index is 13.8. The van der Waals surface area contributed by atoms with Crippen LogP contribution in [0.2, 0.25) is 0 Å². The lowest BCUT2D eigenvalue weighted by atomic mass is 10.0. The number of methoxy groups -OCH3 is 9. The predicted octanol–water partition coefficient (Wildman–Crippen LogP) is 10.5. The topological polar surface area (TPSA) is 220 Å². The van der Waals surface area contributed by atoms with E-state index in [0.29, 0.717) is 155 Å². The van der Waals surface area contributed by atoms with Gasteiger partial charge in [-0.25, -0.2) is 29.3 Å². The van der Waals surface area contributed by atoms with Crippen LogP contribution >= 0.6 is 0 Å². The molecule has 0 amide bonds. The molecule has 3 aromatic carbocycles. The minimum absolute atomic E-state index is 0.0911. The van der Waals surface area contributed by atoms with Crippen molar-refractivity contribution in [3.8, 4) is 85.1 Å². The number of carbonyl (C=O) groups is 3. The number of pyridine rings is 3. The van der Waals surface area contributed by atoms with Gasteiger partial charge < -0.3 is 61.6 Å². The van der Waals surface area contributed by atoms with Gasteiger partial charge in [-0.1, -0.05) is 26.2 Å². The molecule has 1 aliphatic rings. The monoisotopic (exact) mass is 1240 g/mol. The first kappa shape index (κ1) is 69.0. The predicted molar refractivity (Wildman–Crippen MR) is 340 cm³/mol. The maximum absolute atomic E-state index is 13.8. The van der Waals surface area contributed by atoms with Gasteiger partial charge in [-0.05, 0) is 80.3 Å². The van der Waals surface area contributed by atoms with E-state index in [0.717, 1.165) is 25.7 Å². The van der Waals surface area contributed by atoms with Crippen LogP contribution in [0, 0.1) is 5.92 Å². The van der Waals surface area contributed by atoms with E-state index in [1.807, 2.05) is 18.2 Å². The van der Waals surface area contributed by atoms with Gasteiger partial charge in [0.25, 0.3) is 0 Å². The zero-order valence-corrected chi connectivity index (χ0v) is 54.4. The number of hydrogen-bond donors (Lipinski definition) is 0. The Hall–Kier alpha value is -8.44. The summed E-state index contributed by atoms with van der Waals surface area (Å²) in [5.74, 6) is 2.51. The summed E-state index contributed by atoms with van der Waals surface area (Å²) in [5, 5.41) is 0. The van der Waals surface area contributed by atoms with E-state index >= 15 is 0 Å². The highest BCUT2D eigenvalue weighted by Crippen LogP contribution is 2.45. The van der Waals surface area contributed by atoms with E-state index in [1.54, 1.807) is 139 Å². The van der Waals surface area contributed by atoms with E-state index in [1.165, 1.54) is 0 Å². The number of carbonyl (C=O) groups excluding carboxylic acids is 3. The lowest BCUT2D eigenvalue weighted by molar-refractivity contribution is 0.0441. The average Bonchev–Trinajstić information content (AvgIpc) is 0.967. The number of esters is 3. The molecule has 0 spiro atoms. The molecule has 7 rings (SSSR count). The molecule has 22 heteroatoms. The second-order valence-corrected chi connectivity index (χ2v) is 21.3. The number of ether oxygens (including phenoxy) is 13. The zero-order chi connectivity index (χ0) is 64.7. The van der Waals surface area contributed by atoms with Crippen molar-refractivity contribution in [2.45, 2.75) is 73.0 Å². The van der Waals surface area contributed by atoms with Gasteiger partial charge in [0, 0.05) is 108 Å². The van der Waals surface area contributed by atoms with Crippen LogP contribution in [0.15, 0.2) is 72.8 Å². The molecule has 486 valence electrons. The Balaban J connectivity index is 1.39. The molecule has 1 fully saturated rings. The van der Waals surface area contributed by atoms with Gasteiger partial charge in [-0.2, -0.15) is 0 Å². The van der Waals surface area contributed by atoms with Crippen molar-refractivity contribution in [2.75, 3.05) is 136 Å². The molecule has 3 aromatic heterocycles. The third-order valence-corrected chi connectivity index (χ3v) is 15.3. The van der Waals surface area contributed by atoms with Crippen LogP contribution in [0.1, 0.15) is 102 Å². The van der Waals surface area contributed by atoms with Crippen molar-refractivity contribution in [1.82, 2.24) is 29.7 Å². The summed E-state index contributed by atoms with van der Waals surface area (Å²) in [4.78, 5) is 63.3. The largest absolute Gasteiger partial charge is 0.496 e. The van der Waals surface area contributed by atoms with E-state index in [4.69, 9.17) is 76.5 Å². The number of rotatable bonds is 31. The Morgan fingerprint density at radius 1 is 0.400 bits per heavy atom. The molecule has 22 nitrogen and oxygen atoms in total. The summed E-state index contributed by atoms with van der Waals surface area (Å²) in [6.07, 6.45) is 4.19. The Bertz CT molecular complexity index is 3140. The molecule has 4 heterocycles. The molecule has 0 atom stereocenters. The van der Waals surface area contributed by atoms with Crippen LogP contribution in [-0.4, -0.2) is 184 Å². The number of hydrogen-bond acceptors (Lipinski definition) is 22. The Morgan fingerprint density at radius 2 is 0.711 bits per heavy atom. The molecule has 1 saturated heterocycles. The van der Waals surface area contributed by atoms with Crippen LogP contribution in [0.5, 0.6) is 51.7 Å².